The molecule has 0 aliphatic heterocycles. The second-order valence-corrected chi connectivity index (χ2v) is 5.02. The van der Waals surface area contributed by atoms with Crippen LogP contribution >= 0.6 is 27.3 Å². The molecule has 0 amide bonds. The molecule has 68 valence electrons. The molecule has 1 aromatic carbocycles. The first-order valence-corrected chi connectivity index (χ1v) is 5.55. The van der Waals surface area contributed by atoms with E-state index in [0.717, 1.165) is 10.2 Å². The Hall–Kier alpha value is -0.540. The van der Waals surface area contributed by atoms with Crippen molar-refractivity contribution in [2.75, 3.05) is 7.11 Å². The molecule has 1 aromatic heterocycles. The molecular formula is C10H9BrOS. The fourth-order valence-electron chi connectivity index (χ4n) is 1.33. The zero-order valence-corrected chi connectivity index (χ0v) is 9.83. The van der Waals surface area contributed by atoms with Gasteiger partial charge in [-0.2, -0.15) is 0 Å². The van der Waals surface area contributed by atoms with Crippen LogP contribution in [0.4, 0.5) is 0 Å². The highest BCUT2D eigenvalue weighted by Crippen LogP contribution is 2.34. The van der Waals surface area contributed by atoms with Crippen LogP contribution in [0, 0.1) is 6.92 Å². The van der Waals surface area contributed by atoms with Gasteiger partial charge in [-0.05, 0) is 46.4 Å². The summed E-state index contributed by atoms with van der Waals surface area (Å²) in [6.07, 6.45) is 0. The molecule has 0 atom stereocenters. The summed E-state index contributed by atoms with van der Waals surface area (Å²) >= 11 is 5.27. The van der Waals surface area contributed by atoms with E-state index in [9.17, 15) is 0 Å². The Morgan fingerprint density at radius 1 is 1.31 bits per heavy atom. The molecule has 2 rings (SSSR count). The van der Waals surface area contributed by atoms with Crippen molar-refractivity contribution in [2.45, 2.75) is 6.92 Å². The largest absolute Gasteiger partial charge is 0.496 e. The van der Waals surface area contributed by atoms with E-state index in [4.69, 9.17) is 4.74 Å². The van der Waals surface area contributed by atoms with Gasteiger partial charge < -0.3 is 4.74 Å². The smallest absolute Gasteiger partial charge is 0.133 e. The van der Waals surface area contributed by atoms with Gasteiger partial charge in [-0.15, -0.1) is 11.3 Å². The van der Waals surface area contributed by atoms with E-state index in [1.807, 2.05) is 0 Å². The lowest BCUT2D eigenvalue weighted by Crippen LogP contribution is -1.82. The molecule has 1 heterocycles. The highest BCUT2D eigenvalue weighted by Gasteiger charge is 2.04. The third kappa shape index (κ3) is 1.58. The first-order valence-electron chi connectivity index (χ1n) is 3.94. The van der Waals surface area contributed by atoms with Crippen molar-refractivity contribution < 1.29 is 4.74 Å². The highest BCUT2D eigenvalue weighted by atomic mass is 79.9. The lowest BCUT2D eigenvalue weighted by molar-refractivity contribution is 0.413. The van der Waals surface area contributed by atoms with Crippen molar-refractivity contribution in [3.05, 3.63) is 27.5 Å². The number of methoxy groups -OCH3 is 1. The maximum atomic E-state index is 5.22. The van der Waals surface area contributed by atoms with Crippen molar-refractivity contribution in [3.63, 3.8) is 0 Å². The molecule has 1 nitrogen and oxygen atoms in total. The van der Waals surface area contributed by atoms with Gasteiger partial charge in [0, 0.05) is 9.58 Å². The van der Waals surface area contributed by atoms with Crippen LogP contribution in [0.15, 0.2) is 22.7 Å². The SMILES string of the molecule is COc1cc2cc(C)sc2cc1Br. The van der Waals surface area contributed by atoms with Crippen molar-refractivity contribution in [1.29, 1.82) is 0 Å². The zero-order valence-electron chi connectivity index (χ0n) is 7.43. The summed E-state index contributed by atoms with van der Waals surface area (Å²) in [5, 5.41) is 1.25. The fraction of sp³-hybridized carbons (Fsp3) is 0.200. The Morgan fingerprint density at radius 2 is 2.08 bits per heavy atom. The van der Waals surface area contributed by atoms with Crippen LogP contribution in [-0.2, 0) is 0 Å². The highest BCUT2D eigenvalue weighted by molar-refractivity contribution is 9.10. The molecule has 0 saturated heterocycles. The Bertz CT molecular complexity index is 447. The first-order chi connectivity index (χ1) is 6.20. The Kier molecular flexibility index (Phi) is 2.30. The van der Waals surface area contributed by atoms with E-state index >= 15 is 0 Å². The minimum atomic E-state index is 0.894. The predicted molar refractivity (Wildman–Crippen MR) is 60.8 cm³/mol. The molecule has 2 aromatic rings. The van der Waals surface area contributed by atoms with Gasteiger partial charge in [0.05, 0.1) is 11.6 Å². The number of fused-ring (bicyclic) bond motifs is 1. The van der Waals surface area contributed by atoms with Crippen molar-refractivity contribution in [3.8, 4) is 5.75 Å². The normalized spacial score (nSPS) is 10.7. The summed E-state index contributed by atoms with van der Waals surface area (Å²) < 4.78 is 7.53. The molecule has 0 spiro atoms. The maximum absolute atomic E-state index is 5.22. The summed E-state index contributed by atoms with van der Waals surface area (Å²) in [5.74, 6) is 0.894. The molecule has 0 saturated carbocycles. The lowest BCUT2D eigenvalue weighted by atomic mass is 10.2. The van der Waals surface area contributed by atoms with Gasteiger partial charge >= 0.3 is 0 Å². The average molecular weight is 257 g/mol. The van der Waals surface area contributed by atoms with Crippen molar-refractivity contribution in [1.82, 2.24) is 0 Å². The number of aryl methyl sites for hydroxylation is 1. The minimum absolute atomic E-state index is 0.894. The second kappa shape index (κ2) is 3.31. The molecule has 3 heteroatoms. The minimum Gasteiger partial charge on any atom is -0.496 e. The summed E-state index contributed by atoms with van der Waals surface area (Å²) in [6.45, 7) is 2.12. The zero-order chi connectivity index (χ0) is 9.42. The van der Waals surface area contributed by atoms with Crippen LogP contribution in [0.25, 0.3) is 10.1 Å². The molecule has 0 unspecified atom stereocenters. The Labute approximate surface area is 89.5 Å². The van der Waals surface area contributed by atoms with Crippen LogP contribution < -0.4 is 4.74 Å². The number of thiophene rings is 1. The van der Waals surface area contributed by atoms with E-state index < -0.39 is 0 Å². The second-order valence-electron chi connectivity index (χ2n) is 2.88. The summed E-state index contributed by atoms with van der Waals surface area (Å²) in [5.41, 5.74) is 0. The van der Waals surface area contributed by atoms with Crippen molar-refractivity contribution >= 4 is 37.4 Å². The predicted octanol–water partition coefficient (Wildman–Crippen LogP) is 3.98. The lowest BCUT2D eigenvalue weighted by Gasteiger charge is -2.01. The van der Waals surface area contributed by atoms with Crippen LogP contribution in [0.1, 0.15) is 4.88 Å². The van der Waals surface area contributed by atoms with E-state index in [1.165, 1.54) is 15.0 Å². The maximum Gasteiger partial charge on any atom is 0.133 e. The van der Waals surface area contributed by atoms with Gasteiger partial charge in [-0.25, -0.2) is 0 Å². The van der Waals surface area contributed by atoms with Crippen LogP contribution in [-0.4, -0.2) is 7.11 Å². The number of ether oxygens (including phenoxy) is 1. The summed E-state index contributed by atoms with van der Waals surface area (Å²) in [4.78, 5) is 1.33. The molecule has 0 aliphatic carbocycles. The van der Waals surface area contributed by atoms with Gasteiger partial charge in [-0.3, -0.25) is 0 Å². The summed E-state index contributed by atoms with van der Waals surface area (Å²) in [6, 6.07) is 6.34. The van der Waals surface area contributed by atoms with Gasteiger partial charge in [0.25, 0.3) is 0 Å². The fourth-order valence-corrected chi connectivity index (χ4v) is 2.93. The molecule has 0 radical (unpaired) electrons. The first kappa shape index (κ1) is 9.03. The summed E-state index contributed by atoms with van der Waals surface area (Å²) in [7, 11) is 1.69. The van der Waals surface area contributed by atoms with Crippen LogP contribution in [0.2, 0.25) is 0 Å². The number of hydrogen-bond acceptors (Lipinski definition) is 2. The van der Waals surface area contributed by atoms with E-state index in [0.29, 0.717) is 0 Å². The molecule has 0 N–H and O–H groups in total. The Morgan fingerprint density at radius 3 is 2.77 bits per heavy atom. The quantitative estimate of drug-likeness (QED) is 0.750. The number of halogens is 1. The topological polar surface area (TPSA) is 9.23 Å². The average Bonchev–Trinajstić information content (AvgIpc) is 2.42. The Balaban J connectivity index is 2.72. The van der Waals surface area contributed by atoms with Crippen LogP contribution in [0.3, 0.4) is 0 Å². The number of rotatable bonds is 1. The van der Waals surface area contributed by atoms with Crippen LogP contribution in [0.5, 0.6) is 5.75 Å². The van der Waals surface area contributed by atoms with E-state index in [1.54, 1.807) is 18.4 Å². The molecular weight excluding hydrogens is 248 g/mol. The molecule has 0 aliphatic rings. The van der Waals surface area contributed by atoms with Crippen molar-refractivity contribution in [2.24, 2.45) is 0 Å². The molecule has 0 fully saturated rings. The van der Waals surface area contributed by atoms with Gasteiger partial charge in [-0.1, -0.05) is 0 Å². The van der Waals surface area contributed by atoms with E-state index in [2.05, 4.69) is 41.1 Å². The van der Waals surface area contributed by atoms with Gasteiger partial charge in [0.15, 0.2) is 0 Å². The molecule has 13 heavy (non-hydrogen) atoms. The molecule has 0 bridgehead atoms. The third-order valence-corrected chi connectivity index (χ3v) is 3.55. The number of hydrogen-bond donors (Lipinski definition) is 0. The van der Waals surface area contributed by atoms with E-state index in [-0.39, 0.29) is 0 Å². The van der Waals surface area contributed by atoms with Gasteiger partial charge in [0.1, 0.15) is 5.75 Å². The monoisotopic (exact) mass is 256 g/mol. The van der Waals surface area contributed by atoms with Gasteiger partial charge in [0.2, 0.25) is 0 Å². The standard InChI is InChI=1S/C10H9BrOS/c1-6-3-7-4-9(12-2)8(11)5-10(7)13-6/h3-5H,1-2H3. The third-order valence-electron chi connectivity index (χ3n) is 1.91. The number of benzene rings is 1.